The fourth-order valence-corrected chi connectivity index (χ4v) is 1.57. The molecular weight excluding hydrogens is 230 g/mol. The fourth-order valence-electron chi connectivity index (χ4n) is 1.57. The van der Waals surface area contributed by atoms with Crippen LogP contribution in [0.1, 0.15) is 11.1 Å². The van der Waals surface area contributed by atoms with E-state index in [1.54, 1.807) is 37.7 Å². The minimum absolute atomic E-state index is 0.0598. The molecule has 4 heteroatoms. The Morgan fingerprint density at radius 2 is 1.94 bits per heavy atom. The number of aromatic nitrogens is 1. The van der Waals surface area contributed by atoms with Crippen LogP contribution in [0.5, 0.6) is 11.5 Å². The summed E-state index contributed by atoms with van der Waals surface area (Å²) >= 11 is 0. The van der Waals surface area contributed by atoms with Gasteiger partial charge in [0, 0.05) is 24.0 Å². The molecule has 0 fully saturated rings. The minimum Gasteiger partial charge on any atom is -0.497 e. The molecule has 1 aromatic heterocycles. The van der Waals surface area contributed by atoms with E-state index < -0.39 is 0 Å². The highest BCUT2D eigenvalue weighted by atomic mass is 16.5. The van der Waals surface area contributed by atoms with E-state index >= 15 is 0 Å². The number of aliphatic hydroxyl groups is 1. The third-order valence-electron chi connectivity index (χ3n) is 2.59. The highest BCUT2D eigenvalue weighted by Crippen LogP contribution is 2.25. The van der Waals surface area contributed by atoms with Crippen molar-refractivity contribution in [3.05, 3.63) is 53.9 Å². The molecule has 0 bridgehead atoms. The lowest BCUT2D eigenvalue weighted by atomic mass is 10.2. The quantitative estimate of drug-likeness (QED) is 0.877. The molecule has 94 valence electrons. The molecule has 4 nitrogen and oxygen atoms in total. The van der Waals surface area contributed by atoms with Crippen LogP contribution in [0.2, 0.25) is 0 Å². The smallest absolute Gasteiger partial charge is 0.129 e. The maximum Gasteiger partial charge on any atom is 0.129 e. The van der Waals surface area contributed by atoms with E-state index in [0.717, 1.165) is 11.1 Å². The van der Waals surface area contributed by atoms with Gasteiger partial charge in [-0.3, -0.25) is 4.98 Å². The van der Waals surface area contributed by atoms with E-state index in [4.69, 9.17) is 9.47 Å². The Balaban J connectivity index is 2.12. The van der Waals surface area contributed by atoms with Crippen molar-refractivity contribution in [3.63, 3.8) is 0 Å². The molecule has 1 aromatic carbocycles. The number of hydrogen-bond donors (Lipinski definition) is 1. The highest BCUT2D eigenvalue weighted by Gasteiger charge is 2.05. The van der Waals surface area contributed by atoms with Crippen LogP contribution in [0.3, 0.4) is 0 Å². The third-order valence-corrected chi connectivity index (χ3v) is 2.59. The second-order valence-electron chi connectivity index (χ2n) is 3.78. The van der Waals surface area contributed by atoms with Gasteiger partial charge in [-0.25, -0.2) is 0 Å². The predicted octanol–water partition coefficient (Wildman–Crippen LogP) is 2.16. The van der Waals surface area contributed by atoms with E-state index in [-0.39, 0.29) is 6.61 Å². The number of benzene rings is 1. The first-order valence-electron chi connectivity index (χ1n) is 5.63. The van der Waals surface area contributed by atoms with Gasteiger partial charge in [-0.1, -0.05) is 0 Å². The maximum atomic E-state index is 9.25. The Bertz CT molecular complexity index is 500. The average molecular weight is 245 g/mol. The molecule has 1 heterocycles. The Morgan fingerprint density at radius 1 is 1.17 bits per heavy atom. The van der Waals surface area contributed by atoms with E-state index in [1.807, 2.05) is 12.1 Å². The molecule has 0 saturated carbocycles. The first kappa shape index (κ1) is 12.4. The van der Waals surface area contributed by atoms with Crippen LogP contribution >= 0.6 is 0 Å². The number of hydrogen-bond acceptors (Lipinski definition) is 4. The second-order valence-corrected chi connectivity index (χ2v) is 3.78. The number of nitrogens with zero attached hydrogens (tertiary/aromatic N) is 1. The highest BCUT2D eigenvalue weighted by molar-refractivity contribution is 5.40. The fraction of sp³-hybridized carbons (Fsp3) is 0.214. The summed E-state index contributed by atoms with van der Waals surface area (Å²) in [6.07, 6.45) is 3.44. The van der Waals surface area contributed by atoms with E-state index in [0.29, 0.717) is 18.1 Å². The van der Waals surface area contributed by atoms with Gasteiger partial charge in [-0.05, 0) is 29.8 Å². The van der Waals surface area contributed by atoms with Gasteiger partial charge in [0.25, 0.3) is 0 Å². The minimum atomic E-state index is -0.0598. The molecule has 0 aliphatic heterocycles. The van der Waals surface area contributed by atoms with Gasteiger partial charge < -0.3 is 14.6 Å². The summed E-state index contributed by atoms with van der Waals surface area (Å²) in [7, 11) is 1.60. The molecule has 2 rings (SSSR count). The molecular formula is C14H15NO3. The molecule has 1 N–H and O–H groups in total. The number of pyridine rings is 1. The first-order chi connectivity index (χ1) is 8.83. The molecule has 0 aliphatic carbocycles. The zero-order valence-electron chi connectivity index (χ0n) is 10.2. The van der Waals surface area contributed by atoms with Gasteiger partial charge in [-0.2, -0.15) is 0 Å². The van der Waals surface area contributed by atoms with Gasteiger partial charge in [-0.15, -0.1) is 0 Å². The molecule has 0 unspecified atom stereocenters. The van der Waals surface area contributed by atoms with Crippen LogP contribution in [0.4, 0.5) is 0 Å². The number of ether oxygens (including phenoxy) is 2. The number of rotatable bonds is 5. The van der Waals surface area contributed by atoms with Crippen molar-refractivity contribution in [1.29, 1.82) is 0 Å². The van der Waals surface area contributed by atoms with E-state index in [1.165, 1.54) is 0 Å². The number of aliphatic hydroxyl groups excluding tert-OH is 1. The van der Waals surface area contributed by atoms with Crippen molar-refractivity contribution in [3.8, 4) is 11.5 Å². The SMILES string of the molecule is COc1ccc(CO)c(OCc2ccncc2)c1. The zero-order chi connectivity index (χ0) is 12.8. The summed E-state index contributed by atoms with van der Waals surface area (Å²) < 4.78 is 10.8. The number of methoxy groups -OCH3 is 1. The Kier molecular flexibility index (Phi) is 4.15. The van der Waals surface area contributed by atoms with Crippen molar-refractivity contribution in [2.24, 2.45) is 0 Å². The second kappa shape index (κ2) is 6.02. The van der Waals surface area contributed by atoms with Crippen LogP contribution in [-0.2, 0) is 13.2 Å². The molecule has 0 aliphatic rings. The lowest BCUT2D eigenvalue weighted by molar-refractivity contribution is 0.258. The van der Waals surface area contributed by atoms with Gasteiger partial charge >= 0.3 is 0 Å². The average Bonchev–Trinajstić information content (AvgIpc) is 2.45. The van der Waals surface area contributed by atoms with Crippen molar-refractivity contribution in [2.45, 2.75) is 13.2 Å². The van der Waals surface area contributed by atoms with Crippen LogP contribution < -0.4 is 9.47 Å². The lowest BCUT2D eigenvalue weighted by Crippen LogP contribution is -1.99. The topological polar surface area (TPSA) is 51.6 Å². The standard InChI is InChI=1S/C14H15NO3/c1-17-13-3-2-12(9-16)14(8-13)18-10-11-4-6-15-7-5-11/h2-8,16H,9-10H2,1H3. The Hall–Kier alpha value is -2.07. The van der Waals surface area contributed by atoms with Crippen LogP contribution in [-0.4, -0.2) is 17.2 Å². The summed E-state index contributed by atoms with van der Waals surface area (Å²) in [5.74, 6) is 1.34. The van der Waals surface area contributed by atoms with Gasteiger partial charge in [0.2, 0.25) is 0 Å². The zero-order valence-corrected chi connectivity index (χ0v) is 10.2. The Morgan fingerprint density at radius 3 is 2.61 bits per heavy atom. The van der Waals surface area contributed by atoms with Crippen molar-refractivity contribution >= 4 is 0 Å². The maximum absolute atomic E-state index is 9.25. The van der Waals surface area contributed by atoms with Crippen LogP contribution in [0.15, 0.2) is 42.7 Å². The van der Waals surface area contributed by atoms with Crippen LogP contribution in [0, 0.1) is 0 Å². The van der Waals surface area contributed by atoms with Crippen molar-refractivity contribution in [2.75, 3.05) is 7.11 Å². The molecule has 0 atom stereocenters. The van der Waals surface area contributed by atoms with Gasteiger partial charge in [0.1, 0.15) is 18.1 Å². The lowest BCUT2D eigenvalue weighted by Gasteiger charge is -2.11. The Labute approximate surface area is 106 Å². The van der Waals surface area contributed by atoms with Gasteiger partial charge in [0.15, 0.2) is 0 Å². The van der Waals surface area contributed by atoms with Crippen molar-refractivity contribution < 1.29 is 14.6 Å². The molecule has 18 heavy (non-hydrogen) atoms. The van der Waals surface area contributed by atoms with Crippen LogP contribution in [0.25, 0.3) is 0 Å². The molecule has 0 amide bonds. The first-order valence-corrected chi connectivity index (χ1v) is 5.63. The summed E-state index contributed by atoms with van der Waals surface area (Å²) in [6.45, 7) is 0.373. The summed E-state index contributed by atoms with van der Waals surface area (Å²) in [6, 6.07) is 9.13. The summed E-state index contributed by atoms with van der Waals surface area (Å²) in [4.78, 5) is 3.95. The third kappa shape index (κ3) is 2.99. The normalized spacial score (nSPS) is 10.1. The molecule has 0 radical (unpaired) electrons. The largest absolute Gasteiger partial charge is 0.497 e. The summed E-state index contributed by atoms with van der Waals surface area (Å²) in [5.41, 5.74) is 1.77. The van der Waals surface area contributed by atoms with Gasteiger partial charge in [0.05, 0.1) is 13.7 Å². The predicted molar refractivity (Wildman–Crippen MR) is 67.5 cm³/mol. The molecule has 0 spiro atoms. The summed E-state index contributed by atoms with van der Waals surface area (Å²) in [5, 5.41) is 9.25. The van der Waals surface area contributed by atoms with E-state index in [2.05, 4.69) is 4.98 Å². The molecule has 2 aromatic rings. The van der Waals surface area contributed by atoms with E-state index in [9.17, 15) is 5.11 Å². The monoisotopic (exact) mass is 245 g/mol. The van der Waals surface area contributed by atoms with Crippen molar-refractivity contribution in [1.82, 2.24) is 4.98 Å². The molecule has 0 saturated heterocycles.